The highest BCUT2D eigenvalue weighted by Crippen LogP contribution is 2.38. The molecule has 0 bridgehead atoms. The molecule has 4 rings (SSSR count). The van der Waals surface area contributed by atoms with Gasteiger partial charge in [-0.2, -0.15) is 18.3 Å². The van der Waals surface area contributed by atoms with Crippen LogP contribution >= 0.6 is 0 Å². The zero-order valence-corrected chi connectivity index (χ0v) is 20.4. The molecule has 2 saturated heterocycles. The Morgan fingerprint density at radius 3 is 2.40 bits per heavy atom. The number of hydrogen-bond donors (Lipinski definition) is 1. The standard InChI is InChI=1S/C25H33F3N4O3/c1-4-35-24(2,3)22-14-21(29-30-22)19-13-18(17-5-7-20(8-6-17)25(26,27)28)15-32(16-19)23(33)31-9-11-34-12-10-31/h5-8,14,18-19H,4,9-13,15-16H2,1-3H3,(H,29,30). The molecule has 2 unspecified atom stereocenters. The number of aromatic amines is 1. The number of benzene rings is 1. The first-order valence-corrected chi connectivity index (χ1v) is 12.1. The summed E-state index contributed by atoms with van der Waals surface area (Å²) in [6.07, 6.45) is -3.69. The lowest BCUT2D eigenvalue weighted by Gasteiger charge is -2.41. The van der Waals surface area contributed by atoms with E-state index in [2.05, 4.69) is 10.2 Å². The number of alkyl halides is 3. The second-order valence-electron chi connectivity index (χ2n) is 9.69. The van der Waals surface area contributed by atoms with Crippen molar-refractivity contribution >= 4 is 6.03 Å². The lowest BCUT2D eigenvalue weighted by molar-refractivity contribution is -0.137. The van der Waals surface area contributed by atoms with Crippen LogP contribution in [0, 0.1) is 0 Å². The zero-order chi connectivity index (χ0) is 25.2. The number of urea groups is 1. The van der Waals surface area contributed by atoms with Crippen LogP contribution in [-0.4, -0.2) is 72.0 Å². The Balaban J connectivity index is 1.60. The van der Waals surface area contributed by atoms with Crippen molar-refractivity contribution in [3.8, 4) is 0 Å². The normalized spacial score (nSPS) is 21.9. The molecule has 35 heavy (non-hydrogen) atoms. The van der Waals surface area contributed by atoms with Crippen LogP contribution in [-0.2, 0) is 21.3 Å². The van der Waals surface area contributed by atoms with Crippen LogP contribution < -0.4 is 0 Å². The Morgan fingerprint density at radius 1 is 1.11 bits per heavy atom. The maximum absolute atomic E-state index is 13.3. The van der Waals surface area contributed by atoms with E-state index in [4.69, 9.17) is 9.47 Å². The first-order valence-electron chi connectivity index (χ1n) is 12.1. The van der Waals surface area contributed by atoms with Gasteiger partial charge in [-0.1, -0.05) is 12.1 Å². The van der Waals surface area contributed by atoms with Crippen LogP contribution in [0.1, 0.15) is 61.5 Å². The van der Waals surface area contributed by atoms with Crippen molar-refractivity contribution in [2.75, 3.05) is 46.0 Å². The maximum atomic E-state index is 13.3. The van der Waals surface area contributed by atoms with Gasteiger partial charge in [0.2, 0.25) is 0 Å². The lowest BCUT2D eigenvalue weighted by atomic mass is 9.82. The number of carbonyl (C=O) groups excluding carboxylic acids is 1. The van der Waals surface area contributed by atoms with E-state index in [1.54, 1.807) is 4.90 Å². The van der Waals surface area contributed by atoms with Gasteiger partial charge >= 0.3 is 12.2 Å². The Hall–Kier alpha value is -2.59. The summed E-state index contributed by atoms with van der Waals surface area (Å²) in [6, 6.07) is 7.21. The number of carbonyl (C=O) groups is 1. The number of aromatic nitrogens is 2. The SMILES string of the molecule is CCOC(C)(C)c1cc(C2CC(c3ccc(C(F)(F)F)cc3)CN(C(=O)N3CCOCC3)C2)[nH]n1. The molecule has 0 radical (unpaired) electrons. The van der Waals surface area contributed by atoms with Crippen LogP contribution in [0.2, 0.25) is 0 Å². The van der Waals surface area contributed by atoms with Crippen molar-refractivity contribution in [2.24, 2.45) is 0 Å². The molecule has 2 aliphatic rings. The van der Waals surface area contributed by atoms with Crippen molar-refractivity contribution in [2.45, 2.75) is 50.8 Å². The third-order valence-electron chi connectivity index (χ3n) is 6.87. The summed E-state index contributed by atoms with van der Waals surface area (Å²) < 4.78 is 50.5. The van der Waals surface area contributed by atoms with Crippen LogP contribution in [0.4, 0.5) is 18.0 Å². The topological polar surface area (TPSA) is 70.7 Å². The molecule has 2 fully saturated rings. The maximum Gasteiger partial charge on any atom is 0.416 e. The van der Waals surface area contributed by atoms with Crippen molar-refractivity contribution in [3.63, 3.8) is 0 Å². The summed E-state index contributed by atoms with van der Waals surface area (Å²) in [5, 5.41) is 7.60. The molecule has 2 amide bonds. The van der Waals surface area contributed by atoms with Crippen LogP contribution in [0.5, 0.6) is 0 Å². The molecule has 1 N–H and O–H groups in total. The first kappa shape index (κ1) is 25.5. The fourth-order valence-corrected chi connectivity index (χ4v) is 4.91. The fraction of sp³-hybridized carbons (Fsp3) is 0.600. The summed E-state index contributed by atoms with van der Waals surface area (Å²) in [5.41, 5.74) is 1.22. The molecule has 0 saturated carbocycles. The second-order valence-corrected chi connectivity index (χ2v) is 9.69. The summed E-state index contributed by atoms with van der Waals surface area (Å²) in [5.74, 6) is -0.146. The van der Waals surface area contributed by atoms with Crippen molar-refractivity contribution in [1.82, 2.24) is 20.0 Å². The Kier molecular flexibility index (Phi) is 7.42. The van der Waals surface area contributed by atoms with Gasteiger partial charge in [0, 0.05) is 50.3 Å². The Morgan fingerprint density at radius 2 is 1.77 bits per heavy atom. The molecule has 2 aliphatic heterocycles. The van der Waals surface area contributed by atoms with E-state index >= 15 is 0 Å². The average molecular weight is 495 g/mol. The predicted molar refractivity (Wildman–Crippen MR) is 124 cm³/mol. The average Bonchev–Trinajstić information content (AvgIpc) is 3.35. The molecular weight excluding hydrogens is 461 g/mol. The molecular formula is C25H33F3N4O3. The molecule has 3 heterocycles. The van der Waals surface area contributed by atoms with E-state index in [9.17, 15) is 18.0 Å². The zero-order valence-electron chi connectivity index (χ0n) is 20.4. The van der Waals surface area contributed by atoms with E-state index in [-0.39, 0.29) is 17.9 Å². The largest absolute Gasteiger partial charge is 0.416 e. The van der Waals surface area contributed by atoms with Crippen molar-refractivity contribution in [3.05, 3.63) is 52.8 Å². The summed E-state index contributed by atoms with van der Waals surface area (Å²) in [6.45, 7) is 9.41. The highest BCUT2D eigenvalue weighted by Gasteiger charge is 2.36. The lowest BCUT2D eigenvalue weighted by Crippen LogP contribution is -2.52. The number of halogens is 3. The number of H-pyrrole nitrogens is 1. The molecule has 2 aromatic rings. The van der Waals surface area contributed by atoms with Gasteiger partial charge in [0.05, 0.1) is 24.5 Å². The van der Waals surface area contributed by atoms with Crippen LogP contribution in [0.25, 0.3) is 0 Å². The van der Waals surface area contributed by atoms with Crippen molar-refractivity contribution < 1.29 is 27.4 Å². The van der Waals surface area contributed by atoms with Crippen molar-refractivity contribution in [1.29, 1.82) is 0 Å². The number of piperidine rings is 1. The van der Waals surface area contributed by atoms with E-state index in [0.29, 0.717) is 52.4 Å². The summed E-state index contributed by atoms with van der Waals surface area (Å²) in [7, 11) is 0. The molecule has 0 aliphatic carbocycles. The second kappa shape index (κ2) is 10.2. The molecule has 192 valence electrons. The van der Waals surface area contributed by atoms with Gasteiger partial charge in [0.1, 0.15) is 5.60 Å². The van der Waals surface area contributed by atoms with Gasteiger partial charge in [0.15, 0.2) is 0 Å². The number of ether oxygens (including phenoxy) is 2. The molecule has 1 aromatic carbocycles. The highest BCUT2D eigenvalue weighted by molar-refractivity contribution is 5.75. The minimum Gasteiger partial charge on any atom is -0.378 e. The Labute approximate surface area is 203 Å². The predicted octanol–water partition coefficient (Wildman–Crippen LogP) is 4.73. The van der Waals surface area contributed by atoms with E-state index < -0.39 is 17.3 Å². The van der Waals surface area contributed by atoms with Gasteiger partial charge in [-0.05, 0) is 51.0 Å². The number of rotatable bonds is 5. The minimum atomic E-state index is -4.38. The van der Waals surface area contributed by atoms with Gasteiger partial charge in [-0.3, -0.25) is 5.10 Å². The van der Waals surface area contributed by atoms with Gasteiger partial charge < -0.3 is 19.3 Å². The molecule has 7 nitrogen and oxygen atoms in total. The number of morpholine rings is 1. The molecule has 2 atom stereocenters. The molecule has 10 heteroatoms. The minimum absolute atomic E-state index is 0.0419. The van der Waals surface area contributed by atoms with Gasteiger partial charge in [-0.25, -0.2) is 4.79 Å². The quantitative estimate of drug-likeness (QED) is 0.653. The van der Waals surface area contributed by atoms with E-state index in [0.717, 1.165) is 29.1 Å². The van der Waals surface area contributed by atoms with Crippen LogP contribution in [0.3, 0.4) is 0 Å². The van der Waals surface area contributed by atoms with Gasteiger partial charge in [-0.15, -0.1) is 0 Å². The third-order valence-corrected chi connectivity index (χ3v) is 6.87. The van der Waals surface area contributed by atoms with Crippen LogP contribution in [0.15, 0.2) is 30.3 Å². The molecule has 1 aromatic heterocycles. The summed E-state index contributed by atoms with van der Waals surface area (Å²) in [4.78, 5) is 16.9. The number of amides is 2. The van der Waals surface area contributed by atoms with E-state index in [1.807, 2.05) is 31.7 Å². The number of hydrogen-bond acceptors (Lipinski definition) is 4. The summed E-state index contributed by atoms with van der Waals surface area (Å²) >= 11 is 0. The third kappa shape index (κ3) is 5.81. The van der Waals surface area contributed by atoms with E-state index in [1.165, 1.54) is 12.1 Å². The van der Waals surface area contributed by atoms with Gasteiger partial charge in [0.25, 0.3) is 0 Å². The number of nitrogens with one attached hydrogen (secondary N) is 1. The Bertz CT molecular complexity index is 1000. The monoisotopic (exact) mass is 494 g/mol. The number of nitrogens with zero attached hydrogens (tertiary/aromatic N) is 3. The smallest absolute Gasteiger partial charge is 0.378 e. The first-order chi connectivity index (χ1) is 16.6. The highest BCUT2D eigenvalue weighted by atomic mass is 19.4. The number of likely N-dealkylation sites (tertiary alicyclic amines) is 1. The molecule has 0 spiro atoms. The fourth-order valence-electron chi connectivity index (χ4n) is 4.91.